The summed E-state index contributed by atoms with van der Waals surface area (Å²) in [5.41, 5.74) is 3.39. The Bertz CT molecular complexity index is 889. The van der Waals surface area contributed by atoms with E-state index in [0.29, 0.717) is 33.5 Å². The van der Waals surface area contributed by atoms with E-state index in [1.807, 2.05) is 0 Å². The maximum absolute atomic E-state index is 11.7. The number of carbonyl (C=O) groups is 2. The minimum absolute atomic E-state index is 0.148. The molecule has 0 aliphatic carbocycles. The first-order valence-electron chi connectivity index (χ1n) is 8.37. The summed E-state index contributed by atoms with van der Waals surface area (Å²) in [6, 6.07) is 10.5. The zero-order chi connectivity index (χ0) is 21.2. The molecule has 0 aromatic heterocycles. The number of rotatable bonds is 8. The van der Waals surface area contributed by atoms with E-state index in [1.165, 1.54) is 13.3 Å². The van der Waals surface area contributed by atoms with Gasteiger partial charge in [0.25, 0.3) is 0 Å². The van der Waals surface area contributed by atoms with Crippen LogP contribution in [0.5, 0.6) is 5.75 Å². The lowest BCUT2D eigenvalue weighted by Crippen LogP contribution is -2.39. The van der Waals surface area contributed by atoms with Crippen LogP contribution in [0.25, 0.3) is 0 Å². The Morgan fingerprint density at radius 1 is 1.17 bits per heavy atom. The predicted molar refractivity (Wildman–Crippen MR) is 116 cm³/mol. The van der Waals surface area contributed by atoms with Crippen molar-refractivity contribution >= 4 is 57.2 Å². The van der Waals surface area contributed by atoms with Gasteiger partial charge in [0.1, 0.15) is 12.4 Å². The van der Waals surface area contributed by atoms with Crippen molar-refractivity contribution in [2.75, 3.05) is 20.3 Å². The molecule has 0 aliphatic heterocycles. The molecule has 2 aromatic carbocycles. The SMILES string of the molecule is COCCNC(=O)C(=O)N/N=C\c1cc(Br)ccc1OCc1c(Cl)cccc1Cl. The molecule has 154 valence electrons. The number of hydrogen-bond acceptors (Lipinski definition) is 5. The number of halogens is 3. The Labute approximate surface area is 186 Å². The van der Waals surface area contributed by atoms with Crippen LogP contribution in [-0.4, -0.2) is 38.3 Å². The van der Waals surface area contributed by atoms with Crippen LogP contribution in [0.15, 0.2) is 46.0 Å². The third-order valence-corrected chi connectivity index (χ3v) is 4.77. The molecule has 2 aromatic rings. The lowest BCUT2D eigenvalue weighted by Gasteiger charge is -2.12. The van der Waals surface area contributed by atoms with Gasteiger partial charge >= 0.3 is 11.8 Å². The first-order valence-corrected chi connectivity index (χ1v) is 9.92. The molecule has 2 amide bonds. The van der Waals surface area contributed by atoms with Crippen LogP contribution in [0.2, 0.25) is 10.0 Å². The number of methoxy groups -OCH3 is 1. The molecule has 2 N–H and O–H groups in total. The quantitative estimate of drug-likeness (QED) is 0.250. The fourth-order valence-electron chi connectivity index (χ4n) is 2.13. The Hall–Kier alpha value is -2.13. The van der Waals surface area contributed by atoms with Crippen LogP contribution in [0.4, 0.5) is 0 Å². The van der Waals surface area contributed by atoms with E-state index in [0.717, 1.165) is 4.47 Å². The smallest absolute Gasteiger partial charge is 0.329 e. The third-order valence-electron chi connectivity index (χ3n) is 3.57. The van der Waals surface area contributed by atoms with Crippen LogP contribution in [0.1, 0.15) is 11.1 Å². The highest BCUT2D eigenvalue weighted by Gasteiger charge is 2.12. The van der Waals surface area contributed by atoms with Gasteiger partial charge in [-0.25, -0.2) is 5.43 Å². The minimum atomic E-state index is -0.891. The van der Waals surface area contributed by atoms with Crippen molar-refractivity contribution in [3.8, 4) is 5.75 Å². The second-order valence-electron chi connectivity index (χ2n) is 5.62. The van der Waals surface area contributed by atoms with E-state index in [4.69, 9.17) is 32.7 Å². The molecule has 0 heterocycles. The van der Waals surface area contributed by atoms with Crippen molar-refractivity contribution in [3.63, 3.8) is 0 Å². The van der Waals surface area contributed by atoms with Crippen LogP contribution in [-0.2, 0) is 20.9 Å². The van der Waals surface area contributed by atoms with Gasteiger partial charge < -0.3 is 14.8 Å². The average Bonchev–Trinajstić information content (AvgIpc) is 2.69. The monoisotopic (exact) mass is 501 g/mol. The zero-order valence-corrected chi connectivity index (χ0v) is 18.5. The van der Waals surface area contributed by atoms with Gasteiger partial charge in [0.05, 0.1) is 12.8 Å². The minimum Gasteiger partial charge on any atom is -0.488 e. The van der Waals surface area contributed by atoms with Gasteiger partial charge in [-0.3, -0.25) is 9.59 Å². The van der Waals surface area contributed by atoms with Crippen molar-refractivity contribution in [3.05, 3.63) is 62.0 Å². The molecule has 0 aliphatic rings. The van der Waals surface area contributed by atoms with Crippen LogP contribution >= 0.6 is 39.1 Å². The highest BCUT2D eigenvalue weighted by Crippen LogP contribution is 2.27. The van der Waals surface area contributed by atoms with Gasteiger partial charge in [-0.05, 0) is 30.3 Å². The predicted octanol–water partition coefficient (Wildman–Crippen LogP) is 3.55. The number of nitrogens with zero attached hydrogens (tertiary/aromatic N) is 1. The van der Waals surface area contributed by atoms with Gasteiger partial charge in [-0.1, -0.05) is 45.2 Å². The normalized spacial score (nSPS) is 10.8. The lowest BCUT2D eigenvalue weighted by molar-refractivity contribution is -0.139. The van der Waals surface area contributed by atoms with E-state index < -0.39 is 11.8 Å². The maximum Gasteiger partial charge on any atom is 0.329 e. The summed E-state index contributed by atoms with van der Waals surface area (Å²) in [5.74, 6) is -1.21. The van der Waals surface area contributed by atoms with Crippen molar-refractivity contribution in [2.45, 2.75) is 6.61 Å². The number of ether oxygens (including phenoxy) is 2. The molecule has 0 saturated heterocycles. The van der Waals surface area contributed by atoms with Crippen molar-refractivity contribution in [2.24, 2.45) is 5.10 Å². The van der Waals surface area contributed by atoms with E-state index >= 15 is 0 Å². The molecule has 0 unspecified atom stereocenters. The van der Waals surface area contributed by atoms with Gasteiger partial charge in [0.15, 0.2) is 0 Å². The Morgan fingerprint density at radius 2 is 1.90 bits per heavy atom. The van der Waals surface area contributed by atoms with Crippen LogP contribution in [0.3, 0.4) is 0 Å². The standard InChI is InChI=1S/C19H18BrCl2N3O4/c1-28-8-7-23-18(26)19(27)25-24-10-12-9-13(20)5-6-17(12)29-11-14-15(21)3-2-4-16(14)22/h2-6,9-10H,7-8,11H2,1H3,(H,23,26)(H,25,27)/b24-10-. The van der Waals surface area contributed by atoms with Gasteiger partial charge in [-0.15, -0.1) is 0 Å². The van der Waals surface area contributed by atoms with Gasteiger partial charge in [-0.2, -0.15) is 5.10 Å². The molecule has 29 heavy (non-hydrogen) atoms. The highest BCUT2D eigenvalue weighted by molar-refractivity contribution is 9.10. The largest absolute Gasteiger partial charge is 0.488 e. The summed E-state index contributed by atoms with van der Waals surface area (Å²) in [4.78, 5) is 23.3. The van der Waals surface area contributed by atoms with E-state index in [1.54, 1.807) is 36.4 Å². The molecule has 7 nitrogen and oxygen atoms in total. The first-order chi connectivity index (χ1) is 13.9. The Morgan fingerprint density at radius 3 is 2.59 bits per heavy atom. The number of hydrazone groups is 1. The van der Waals surface area contributed by atoms with E-state index in [9.17, 15) is 9.59 Å². The third kappa shape index (κ3) is 7.32. The maximum atomic E-state index is 11.7. The summed E-state index contributed by atoms with van der Waals surface area (Å²) in [6.45, 7) is 0.673. The molecule has 0 bridgehead atoms. The zero-order valence-electron chi connectivity index (χ0n) is 15.4. The molecular formula is C19H18BrCl2N3O4. The number of nitrogens with one attached hydrogen (secondary N) is 2. The second kappa shape index (κ2) is 11.8. The molecule has 0 atom stereocenters. The summed E-state index contributed by atoms with van der Waals surface area (Å²) >= 11 is 15.7. The molecule has 0 spiro atoms. The van der Waals surface area contributed by atoms with Gasteiger partial charge in [0, 0.05) is 39.3 Å². The lowest BCUT2D eigenvalue weighted by atomic mass is 10.2. The second-order valence-corrected chi connectivity index (χ2v) is 7.35. The Kier molecular flexibility index (Phi) is 9.40. The Balaban J connectivity index is 2.03. The molecular weight excluding hydrogens is 485 g/mol. The molecule has 0 saturated carbocycles. The van der Waals surface area contributed by atoms with E-state index in [-0.39, 0.29) is 13.2 Å². The molecule has 2 rings (SSSR count). The number of hydrogen-bond donors (Lipinski definition) is 2. The topological polar surface area (TPSA) is 89.0 Å². The number of amides is 2. The summed E-state index contributed by atoms with van der Waals surface area (Å²) < 4.78 is 11.4. The highest BCUT2D eigenvalue weighted by atomic mass is 79.9. The van der Waals surface area contributed by atoms with Crippen molar-refractivity contribution in [1.29, 1.82) is 0 Å². The fourth-order valence-corrected chi connectivity index (χ4v) is 3.02. The number of carbonyl (C=O) groups excluding carboxylic acids is 2. The molecule has 10 heteroatoms. The number of benzene rings is 2. The van der Waals surface area contributed by atoms with Crippen LogP contribution < -0.4 is 15.5 Å². The summed E-state index contributed by atoms with van der Waals surface area (Å²) in [5, 5.41) is 7.20. The fraction of sp³-hybridized carbons (Fsp3) is 0.211. The summed E-state index contributed by atoms with van der Waals surface area (Å²) in [7, 11) is 1.49. The molecule has 0 fully saturated rings. The van der Waals surface area contributed by atoms with E-state index in [2.05, 4.69) is 31.8 Å². The van der Waals surface area contributed by atoms with Crippen molar-refractivity contribution < 1.29 is 19.1 Å². The van der Waals surface area contributed by atoms with Crippen molar-refractivity contribution in [1.82, 2.24) is 10.7 Å². The first kappa shape index (κ1) is 23.2. The van der Waals surface area contributed by atoms with Gasteiger partial charge in [0.2, 0.25) is 0 Å². The summed E-state index contributed by atoms with van der Waals surface area (Å²) in [6.07, 6.45) is 1.37. The average molecular weight is 503 g/mol. The molecule has 0 radical (unpaired) electrons. The van der Waals surface area contributed by atoms with Crippen LogP contribution in [0, 0.1) is 0 Å².